The van der Waals surface area contributed by atoms with E-state index in [4.69, 9.17) is 14.3 Å². The first-order valence-electron chi connectivity index (χ1n) is 10.1. The highest BCUT2D eigenvalue weighted by Crippen LogP contribution is 2.28. The molecule has 0 aliphatic heterocycles. The summed E-state index contributed by atoms with van der Waals surface area (Å²) in [4.78, 5) is 27.3. The summed E-state index contributed by atoms with van der Waals surface area (Å²) in [7, 11) is 1.34. The number of halogens is 2. The van der Waals surface area contributed by atoms with Gasteiger partial charge in [0.15, 0.2) is 17.1 Å². The molecule has 0 fully saturated rings. The lowest BCUT2D eigenvalue weighted by Gasteiger charge is -2.05. The fourth-order valence-corrected chi connectivity index (χ4v) is 3.28. The van der Waals surface area contributed by atoms with Crippen LogP contribution in [0.1, 0.15) is 11.1 Å². The van der Waals surface area contributed by atoms with Gasteiger partial charge in [-0.2, -0.15) is 0 Å². The molecule has 2 N–H and O–H groups in total. The molecule has 4 aromatic rings. The van der Waals surface area contributed by atoms with Gasteiger partial charge in [-0.25, -0.2) is 13.8 Å². The summed E-state index contributed by atoms with van der Waals surface area (Å²) < 4.78 is 38.9. The van der Waals surface area contributed by atoms with E-state index in [0.29, 0.717) is 22.2 Å². The number of carbonyl (C=O) groups excluding carboxylic acids is 1. The molecule has 0 saturated carbocycles. The SMILES string of the molecule is COc1ccc(NC(=O)/C=C/c2ccc(-c3nc4cc(CC(=O)O)ccc4o3)c(F)c2)cc1F. The van der Waals surface area contributed by atoms with Gasteiger partial charge in [0.1, 0.15) is 11.3 Å². The molecule has 0 bridgehead atoms. The van der Waals surface area contributed by atoms with Gasteiger partial charge >= 0.3 is 5.97 Å². The van der Waals surface area contributed by atoms with E-state index in [9.17, 15) is 18.4 Å². The molecule has 172 valence electrons. The van der Waals surface area contributed by atoms with Gasteiger partial charge < -0.3 is 19.6 Å². The van der Waals surface area contributed by atoms with Gasteiger partial charge in [-0.05, 0) is 53.6 Å². The van der Waals surface area contributed by atoms with Crippen molar-refractivity contribution < 1.29 is 32.6 Å². The Kier molecular flexibility index (Phi) is 6.35. The first-order valence-corrected chi connectivity index (χ1v) is 10.1. The molecule has 1 amide bonds. The predicted octanol–water partition coefficient (Wildman–Crippen LogP) is 5.06. The Bertz CT molecular complexity index is 1430. The maximum absolute atomic E-state index is 14.7. The third kappa shape index (κ3) is 5.09. The van der Waals surface area contributed by atoms with Crippen molar-refractivity contribution in [2.24, 2.45) is 0 Å². The minimum atomic E-state index is -0.970. The Hall–Kier alpha value is -4.53. The number of fused-ring (bicyclic) bond motifs is 1. The Balaban J connectivity index is 1.48. The normalized spacial score (nSPS) is 11.1. The van der Waals surface area contributed by atoms with Crippen molar-refractivity contribution in [1.29, 1.82) is 0 Å². The molecule has 0 unspecified atom stereocenters. The van der Waals surface area contributed by atoms with Crippen LogP contribution in [-0.2, 0) is 16.0 Å². The van der Waals surface area contributed by atoms with E-state index in [1.54, 1.807) is 24.3 Å². The molecule has 3 aromatic carbocycles. The van der Waals surface area contributed by atoms with Crippen LogP contribution in [0.25, 0.3) is 28.6 Å². The van der Waals surface area contributed by atoms with Crippen molar-refractivity contribution in [1.82, 2.24) is 4.98 Å². The molecule has 9 heteroatoms. The number of amides is 1. The minimum absolute atomic E-state index is 0.0507. The number of rotatable bonds is 7. The summed E-state index contributed by atoms with van der Waals surface area (Å²) in [6.07, 6.45) is 2.45. The lowest BCUT2D eigenvalue weighted by molar-refractivity contribution is -0.136. The van der Waals surface area contributed by atoms with Crippen LogP contribution in [0.4, 0.5) is 14.5 Å². The lowest BCUT2D eigenvalue weighted by atomic mass is 10.1. The zero-order valence-electron chi connectivity index (χ0n) is 17.8. The highest BCUT2D eigenvalue weighted by Gasteiger charge is 2.14. The van der Waals surface area contributed by atoms with E-state index in [2.05, 4.69) is 10.3 Å². The van der Waals surface area contributed by atoms with E-state index in [0.717, 1.165) is 6.07 Å². The number of hydrogen-bond donors (Lipinski definition) is 2. The third-order valence-corrected chi connectivity index (χ3v) is 4.88. The number of aliphatic carboxylic acids is 1. The Morgan fingerprint density at radius 2 is 1.91 bits per heavy atom. The smallest absolute Gasteiger partial charge is 0.307 e. The van der Waals surface area contributed by atoms with E-state index >= 15 is 0 Å². The van der Waals surface area contributed by atoms with Crippen LogP contribution in [-0.4, -0.2) is 29.1 Å². The van der Waals surface area contributed by atoms with Crippen LogP contribution < -0.4 is 10.1 Å². The van der Waals surface area contributed by atoms with Crippen LogP contribution in [0.3, 0.4) is 0 Å². The maximum Gasteiger partial charge on any atom is 0.307 e. The van der Waals surface area contributed by atoms with Crippen molar-refractivity contribution >= 4 is 34.7 Å². The molecule has 0 saturated heterocycles. The topological polar surface area (TPSA) is 102 Å². The second kappa shape index (κ2) is 9.53. The van der Waals surface area contributed by atoms with Gasteiger partial charge in [-0.3, -0.25) is 9.59 Å². The molecule has 1 heterocycles. The second-order valence-corrected chi connectivity index (χ2v) is 7.30. The van der Waals surface area contributed by atoms with Crippen molar-refractivity contribution in [2.75, 3.05) is 12.4 Å². The van der Waals surface area contributed by atoms with Crippen molar-refractivity contribution in [2.45, 2.75) is 6.42 Å². The van der Waals surface area contributed by atoms with Crippen LogP contribution in [0, 0.1) is 11.6 Å². The van der Waals surface area contributed by atoms with E-state index < -0.39 is 23.5 Å². The number of carboxylic acid groups (broad SMARTS) is 1. The fraction of sp³-hybridized carbons (Fsp3) is 0.0800. The monoisotopic (exact) mass is 464 g/mol. The van der Waals surface area contributed by atoms with Gasteiger partial charge in [0.2, 0.25) is 11.8 Å². The molecular weight excluding hydrogens is 446 g/mol. The fourth-order valence-electron chi connectivity index (χ4n) is 3.28. The number of benzene rings is 3. The van der Waals surface area contributed by atoms with Crippen molar-refractivity contribution in [3.05, 3.63) is 83.4 Å². The highest BCUT2D eigenvalue weighted by molar-refractivity contribution is 6.02. The molecule has 4 rings (SSSR count). The van der Waals surface area contributed by atoms with E-state index in [1.165, 1.54) is 43.5 Å². The number of oxazole rings is 1. The number of hydrogen-bond acceptors (Lipinski definition) is 5. The average Bonchev–Trinajstić information content (AvgIpc) is 3.20. The molecule has 7 nitrogen and oxygen atoms in total. The predicted molar refractivity (Wildman–Crippen MR) is 121 cm³/mol. The van der Waals surface area contributed by atoms with Gasteiger partial charge in [-0.15, -0.1) is 0 Å². The summed E-state index contributed by atoms with van der Waals surface area (Å²) in [5, 5.41) is 11.4. The second-order valence-electron chi connectivity index (χ2n) is 7.30. The summed E-state index contributed by atoms with van der Waals surface area (Å²) in [5.74, 6) is -2.61. The number of carbonyl (C=O) groups is 2. The summed E-state index contributed by atoms with van der Waals surface area (Å²) in [5.41, 5.74) is 2.15. The standard InChI is InChI=1S/C25H18F2N2O5/c1-33-21-8-5-16(13-19(21)27)28-23(30)9-4-14-2-6-17(18(26)10-14)25-29-20-11-15(12-24(31)32)3-7-22(20)34-25/h2-11,13H,12H2,1H3,(H,28,30)(H,31,32)/b9-4+. The number of methoxy groups -OCH3 is 1. The van der Waals surface area contributed by atoms with Gasteiger partial charge in [0.25, 0.3) is 0 Å². The van der Waals surface area contributed by atoms with E-state index in [1.807, 2.05) is 0 Å². The number of anilines is 1. The molecule has 34 heavy (non-hydrogen) atoms. The van der Waals surface area contributed by atoms with Crippen molar-refractivity contribution in [3.63, 3.8) is 0 Å². The summed E-state index contributed by atoms with van der Waals surface area (Å²) in [6.45, 7) is 0. The quantitative estimate of drug-likeness (QED) is 0.371. The number of ether oxygens (including phenoxy) is 1. The molecule has 0 aliphatic rings. The number of nitrogens with one attached hydrogen (secondary N) is 1. The minimum Gasteiger partial charge on any atom is -0.494 e. The molecular formula is C25H18F2N2O5. The molecule has 0 atom stereocenters. The highest BCUT2D eigenvalue weighted by atomic mass is 19.1. The van der Waals surface area contributed by atoms with E-state index in [-0.39, 0.29) is 29.3 Å². The molecule has 0 aliphatic carbocycles. The Labute approximate surface area is 192 Å². The van der Waals surface area contributed by atoms with Gasteiger partial charge in [-0.1, -0.05) is 12.1 Å². The first-order chi connectivity index (χ1) is 16.3. The average molecular weight is 464 g/mol. The summed E-state index contributed by atoms with van der Waals surface area (Å²) >= 11 is 0. The van der Waals surface area contributed by atoms with Crippen LogP contribution in [0.15, 0.2) is 65.1 Å². The van der Waals surface area contributed by atoms with Gasteiger partial charge in [0.05, 0.1) is 19.1 Å². The number of carboxylic acids is 1. The lowest BCUT2D eigenvalue weighted by Crippen LogP contribution is -2.08. The number of aromatic nitrogens is 1. The first kappa shape index (κ1) is 22.7. The Morgan fingerprint density at radius 1 is 1.09 bits per heavy atom. The van der Waals surface area contributed by atoms with Crippen LogP contribution in [0.5, 0.6) is 5.75 Å². The van der Waals surface area contributed by atoms with Crippen molar-refractivity contribution in [3.8, 4) is 17.2 Å². The molecule has 1 aromatic heterocycles. The van der Waals surface area contributed by atoms with Gasteiger partial charge in [0, 0.05) is 17.8 Å². The number of nitrogens with zero attached hydrogens (tertiary/aromatic N) is 1. The third-order valence-electron chi connectivity index (χ3n) is 4.88. The van der Waals surface area contributed by atoms with Crippen LogP contribution in [0.2, 0.25) is 0 Å². The molecule has 0 spiro atoms. The summed E-state index contributed by atoms with van der Waals surface area (Å²) in [6, 6.07) is 13.1. The van der Waals surface area contributed by atoms with Crippen LogP contribution >= 0.6 is 0 Å². The molecule has 0 radical (unpaired) electrons. The zero-order chi connectivity index (χ0) is 24.2. The largest absolute Gasteiger partial charge is 0.494 e. The Morgan fingerprint density at radius 3 is 2.62 bits per heavy atom. The zero-order valence-corrected chi connectivity index (χ0v) is 17.8. The maximum atomic E-state index is 14.7.